The van der Waals surface area contributed by atoms with Gasteiger partial charge in [-0.05, 0) is 49.7 Å². The molecule has 1 atom stereocenters. The van der Waals surface area contributed by atoms with E-state index < -0.39 is 17.6 Å². The Labute approximate surface area is 236 Å². The zero-order chi connectivity index (χ0) is 29.0. The lowest BCUT2D eigenvalue weighted by Crippen LogP contribution is -2.31. The van der Waals surface area contributed by atoms with Crippen molar-refractivity contribution in [3.63, 3.8) is 0 Å². The van der Waals surface area contributed by atoms with Crippen LogP contribution in [0.25, 0.3) is 0 Å². The number of ether oxygens (including phenoxy) is 1. The summed E-state index contributed by atoms with van der Waals surface area (Å²) in [5.74, 6) is -0.941. The molecule has 1 aliphatic rings. The number of amides is 1. The highest BCUT2D eigenvalue weighted by molar-refractivity contribution is 6.03. The number of nitrogens with one attached hydrogen (secondary N) is 3. The lowest BCUT2D eigenvalue weighted by molar-refractivity contribution is 0.00952. The Morgan fingerprint density at radius 2 is 1.85 bits per heavy atom. The summed E-state index contributed by atoms with van der Waals surface area (Å²) < 4.78 is 5.45. The van der Waals surface area contributed by atoms with Gasteiger partial charge >= 0.3 is 5.97 Å². The van der Waals surface area contributed by atoms with Gasteiger partial charge in [0, 0.05) is 35.4 Å². The maximum absolute atomic E-state index is 13.2. The van der Waals surface area contributed by atoms with Gasteiger partial charge in [0.25, 0.3) is 5.91 Å². The Bertz CT molecular complexity index is 1590. The fourth-order valence-corrected chi connectivity index (χ4v) is 4.46. The second-order valence-electron chi connectivity index (χ2n) is 9.88. The summed E-state index contributed by atoms with van der Waals surface area (Å²) in [7, 11) is 0. The van der Waals surface area contributed by atoms with E-state index in [2.05, 4.69) is 30.9 Å². The summed E-state index contributed by atoms with van der Waals surface area (Å²) in [5.41, 5.74) is 2.29. The highest BCUT2D eigenvalue weighted by atomic mass is 16.6. The van der Waals surface area contributed by atoms with Gasteiger partial charge in [0.15, 0.2) is 5.78 Å². The zero-order valence-electron chi connectivity index (χ0n) is 22.4. The van der Waals surface area contributed by atoms with Crippen molar-refractivity contribution in [2.75, 3.05) is 23.8 Å². The first-order valence-electron chi connectivity index (χ1n) is 12.9. The molecule has 0 aliphatic carbocycles. The predicted octanol–water partition coefficient (Wildman–Crippen LogP) is 3.78. The molecule has 11 nitrogen and oxygen atoms in total. The normalized spacial score (nSPS) is 14.0. The molecule has 208 valence electrons. The number of cyclic esters (lactones) is 1. The van der Waals surface area contributed by atoms with Gasteiger partial charge in [-0.3, -0.25) is 14.6 Å². The Balaban J connectivity index is 1.42. The standard InChI is InChI=1S/C30H28N6O5/c1-30(2)23-13-20(10-11-21(23)28(40)41-30)34-29-33-15-22(27(39)32-16-25(38)19-9-6-12-31-14-19)26(36-29)35-24(17-37)18-7-4-3-5-8-18/h3-15,24,37H,16-17H2,1-2H3,(H,32,39)(H2,33,34,35,36)/t24-/m1/s1. The monoisotopic (exact) mass is 552 g/mol. The number of anilines is 3. The summed E-state index contributed by atoms with van der Waals surface area (Å²) >= 11 is 0. The van der Waals surface area contributed by atoms with Crippen molar-refractivity contribution in [1.29, 1.82) is 0 Å². The van der Waals surface area contributed by atoms with Crippen molar-refractivity contribution in [3.8, 4) is 0 Å². The molecule has 0 spiro atoms. The van der Waals surface area contributed by atoms with Crippen LogP contribution in [0.4, 0.5) is 17.5 Å². The molecule has 4 N–H and O–H groups in total. The van der Waals surface area contributed by atoms with Gasteiger partial charge in [-0.15, -0.1) is 0 Å². The SMILES string of the molecule is CC1(C)OC(=O)c2ccc(Nc3ncc(C(=O)NCC(=O)c4cccnc4)c(N[C@H](CO)c4ccccc4)n3)cc21. The number of rotatable bonds is 10. The number of aliphatic hydroxyl groups is 1. The number of carbonyl (C=O) groups is 3. The number of hydrogen-bond acceptors (Lipinski definition) is 10. The topological polar surface area (TPSA) is 155 Å². The van der Waals surface area contributed by atoms with Crippen molar-refractivity contribution < 1.29 is 24.2 Å². The number of fused-ring (bicyclic) bond motifs is 1. The first-order chi connectivity index (χ1) is 19.7. The molecule has 5 rings (SSSR count). The lowest BCUT2D eigenvalue weighted by atomic mass is 9.95. The van der Waals surface area contributed by atoms with Crippen LogP contribution in [0.1, 0.15) is 62.1 Å². The first-order valence-corrected chi connectivity index (χ1v) is 12.9. The number of ketones is 1. The minimum atomic E-state index is -0.781. The second-order valence-corrected chi connectivity index (χ2v) is 9.88. The van der Waals surface area contributed by atoms with E-state index in [1.54, 1.807) is 36.5 Å². The van der Waals surface area contributed by atoms with Crippen LogP contribution < -0.4 is 16.0 Å². The van der Waals surface area contributed by atoms with Gasteiger partial charge in [0.2, 0.25) is 5.95 Å². The number of aliphatic hydroxyl groups excluding tert-OH is 1. The summed E-state index contributed by atoms with van der Waals surface area (Å²) in [6, 6.07) is 17.1. The maximum Gasteiger partial charge on any atom is 0.339 e. The Hall–Kier alpha value is -5.16. The third kappa shape index (κ3) is 6.04. The van der Waals surface area contributed by atoms with E-state index in [4.69, 9.17) is 4.74 Å². The summed E-state index contributed by atoms with van der Waals surface area (Å²) in [4.78, 5) is 50.6. The molecule has 1 amide bonds. The summed E-state index contributed by atoms with van der Waals surface area (Å²) in [6.07, 6.45) is 4.32. The van der Waals surface area contributed by atoms with Crippen molar-refractivity contribution in [2.24, 2.45) is 0 Å². The average molecular weight is 553 g/mol. The Morgan fingerprint density at radius 3 is 2.59 bits per heavy atom. The van der Waals surface area contributed by atoms with Crippen LogP contribution in [-0.2, 0) is 10.3 Å². The van der Waals surface area contributed by atoms with Gasteiger partial charge in [0.05, 0.1) is 24.8 Å². The summed E-state index contributed by atoms with van der Waals surface area (Å²) in [6.45, 7) is 3.09. The molecule has 0 saturated carbocycles. The minimum absolute atomic E-state index is 0.0815. The fourth-order valence-electron chi connectivity index (χ4n) is 4.46. The largest absolute Gasteiger partial charge is 0.451 e. The number of carbonyl (C=O) groups excluding carboxylic acids is 3. The fraction of sp³-hybridized carbons (Fsp3) is 0.200. The molecule has 2 aromatic heterocycles. The van der Waals surface area contributed by atoms with Crippen molar-refractivity contribution in [2.45, 2.75) is 25.5 Å². The molecule has 0 saturated heterocycles. The number of hydrogen-bond donors (Lipinski definition) is 4. The van der Waals surface area contributed by atoms with Crippen molar-refractivity contribution in [1.82, 2.24) is 20.3 Å². The van der Waals surface area contributed by atoms with Crippen molar-refractivity contribution >= 4 is 35.1 Å². The van der Waals surface area contributed by atoms with Gasteiger partial charge in [0.1, 0.15) is 17.0 Å². The number of pyridine rings is 1. The van der Waals surface area contributed by atoms with Crippen LogP contribution in [0.2, 0.25) is 0 Å². The van der Waals surface area contributed by atoms with Crippen LogP contribution in [0.15, 0.2) is 79.3 Å². The van der Waals surface area contributed by atoms with E-state index in [1.807, 2.05) is 44.2 Å². The molecular weight excluding hydrogens is 524 g/mol. The minimum Gasteiger partial charge on any atom is -0.451 e. The second kappa shape index (κ2) is 11.5. The Morgan fingerprint density at radius 1 is 1.05 bits per heavy atom. The number of nitrogens with zero attached hydrogens (tertiary/aromatic N) is 3. The molecular formula is C30H28N6O5. The van der Waals surface area contributed by atoms with Crippen LogP contribution in [-0.4, -0.2) is 50.9 Å². The highest BCUT2D eigenvalue weighted by Gasteiger charge is 2.37. The van der Waals surface area contributed by atoms with E-state index in [0.29, 0.717) is 16.8 Å². The number of aromatic nitrogens is 3. The molecule has 11 heteroatoms. The van der Waals surface area contributed by atoms with Gasteiger partial charge in [-0.2, -0.15) is 4.98 Å². The highest BCUT2D eigenvalue weighted by Crippen LogP contribution is 2.37. The van der Waals surface area contributed by atoms with Gasteiger partial charge in [-0.25, -0.2) is 9.78 Å². The van der Waals surface area contributed by atoms with Gasteiger partial charge in [-0.1, -0.05) is 30.3 Å². The van der Waals surface area contributed by atoms with Crippen LogP contribution in [0.5, 0.6) is 0 Å². The van der Waals surface area contributed by atoms with E-state index in [9.17, 15) is 19.5 Å². The third-order valence-electron chi connectivity index (χ3n) is 6.61. The number of Topliss-reactive ketones (excluding diaryl/α,β-unsaturated/α-hetero) is 1. The molecule has 0 bridgehead atoms. The molecule has 2 aromatic carbocycles. The van der Waals surface area contributed by atoms with Crippen LogP contribution >= 0.6 is 0 Å². The van der Waals surface area contributed by atoms with Crippen LogP contribution in [0, 0.1) is 0 Å². The quantitative estimate of drug-likeness (QED) is 0.169. The smallest absolute Gasteiger partial charge is 0.339 e. The molecule has 3 heterocycles. The average Bonchev–Trinajstić information content (AvgIpc) is 3.22. The number of esters is 1. The van der Waals surface area contributed by atoms with Crippen molar-refractivity contribution in [3.05, 3.63) is 107 Å². The zero-order valence-corrected chi connectivity index (χ0v) is 22.4. The first kappa shape index (κ1) is 27.4. The lowest BCUT2D eigenvalue weighted by Gasteiger charge is -2.20. The summed E-state index contributed by atoms with van der Waals surface area (Å²) in [5, 5.41) is 19.0. The van der Waals surface area contributed by atoms with E-state index in [0.717, 1.165) is 11.1 Å². The molecule has 1 aliphatic heterocycles. The number of benzene rings is 2. The maximum atomic E-state index is 13.2. The predicted molar refractivity (Wildman–Crippen MR) is 151 cm³/mol. The molecule has 0 unspecified atom stereocenters. The molecule has 0 radical (unpaired) electrons. The van der Waals surface area contributed by atoms with Crippen LogP contribution in [0.3, 0.4) is 0 Å². The molecule has 41 heavy (non-hydrogen) atoms. The molecule has 0 fully saturated rings. The van der Waals surface area contributed by atoms with E-state index in [-0.39, 0.29) is 42.2 Å². The third-order valence-corrected chi connectivity index (χ3v) is 6.61. The molecule has 4 aromatic rings. The van der Waals surface area contributed by atoms with E-state index in [1.165, 1.54) is 12.4 Å². The Kier molecular flexibility index (Phi) is 7.70. The van der Waals surface area contributed by atoms with E-state index >= 15 is 0 Å². The van der Waals surface area contributed by atoms with Gasteiger partial charge < -0.3 is 25.8 Å².